The van der Waals surface area contributed by atoms with E-state index in [4.69, 9.17) is 0 Å². The number of carbonyl (C=O) groups is 1. The summed E-state index contributed by atoms with van der Waals surface area (Å²) >= 11 is 0. The van der Waals surface area contributed by atoms with Crippen LogP contribution in [-0.2, 0) is 4.79 Å². The highest BCUT2D eigenvalue weighted by Crippen LogP contribution is 2.06. The Hall–Kier alpha value is -1.12. The predicted molar refractivity (Wildman–Crippen MR) is 32.9 cm³/mol. The number of amides is 1. The number of rotatable bonds is 0. The lowest BCUT2D eigenvalue weighted by atomic mass is 10.2. The minimum Gasteiger partial charge on any atom is -0.267 e. The van der Waals surface area contributed by atoms with Gasteiger partial charge in [0.25, 0.3) is 5.91 Å². The Morgan fingerprint density at radius 1 is 1.44 bits per heavy atom. The van der Waals surface area contributed by atoms with Crippen molar-refractivity contribution in [3.05, 3.63) is 11.3 Å². The van der Waals surface area contributed by atoms with Gasteiger partial charge in [0.15, 0.2) is 0 Å². The van der Waals surface area contributed by atoms with Crippen LogP contribution in [0.2, 0.25) is 0 Å². The van der Waals surface area contributed by atoms with E-state index in [1.165, 1.54) is 0 Å². The second-order valence-corrected chi connectivity index (χ2v) is 1.84. The van der Waals surface area contributed by atoms with Crippen LogP contribution >= 0.6 is 0 Å². The summed E-state index contributed by atoms with van der Waals surface area (Å²) in [5, 5.41) is 3.35. The maximum atomic E-state index is 10.7. The quantitative estimate of drug-likeness (QED) is 0.456. The molecule has 3 nitrogen and oxygen atoms in total. The summed E-state index contributed by atoms with van der Waals surface area (Å²) in [4.78, 5) is 14.4. The third-order valence-electron chi connectivity index (χ3n) is 1.23. The molecule has 1 aliphatic rings. The van der Waals surface area contributed by atoms with Crippen molar-refractivity contribution in [3.8, 4) is 0 Å². The Kier molecular flexibility index (Phi) is 1.34. The van der Waals surface area contributed by atoms with Crippen LogP contribution in [0.5, 0.6) is 0 Å². The highest BCUT2D eigenvalue weighted by molar-refractivity contribution is 6.01. The molecule has 0 fully saturated rings. The first-order valence-corrected chi connectivity index (χ1v) is 2.60. The molecule has 2 radical (unpaired) electrons. The molecule has 1 amide bonds. The SMILES string of the molecule is CC1=C(C)C(=O)[N][C]=N1. The van der Waals surface area contributed by atoms with Gasteiger partial charge in [0.2, 0.25) is 6.34 Å². The van der Waals surface area contributed by atoms with Gasteiger partial charge in [-0.25, -0.2) is 4.99 Å². The lowest BCUT2D eigenvalue weighted by Gasteiger charge is -2.02. The Bertz CT molecular complexity index is 203. The first-order valence-electron chi connectivity index (χ1n) is 2.60. The molecule has 1 rings (SSSR count). The van der Waals surface area contributed by atoms with Gasteiger partial charge in [0, 0.05) is 11.3 Å². The van der Waals surface area contributed by atoms with Gasteiger partial charge < -0.3 is 0 Å². The zero-order valence-electron chi connectivity index (χ0n) is 5.30. The molecule has 46 valence electrons. The van der Waals surface area contributed by atoms with E-state index in [1.807, 2.05) is 0 Å². The molecule has 0 saturated carbocycles. The molecule has 0 bridgehead atoms. The smallest absolute Gasteiger partial charge is 0.267 e. The Morgan fingerprint density at radius 3 is 2.56 bits per heavy atom. The van der Waals surface area contributed by atoms with Crippen molar-refractivity contribution in [1.82, 2.24) is 5.32 Å². The minimum absolute atomic E-state index is 0.234. The normalized spacial score (nSPS) is 18.2. The van der Waals surface area contributed by atoms with Crippen LogP contribution in [0.4, 0.5) is 0 Å². The minimum atomic E-state index is -0.234. The Morgan fingerprint density at radius 2 is 2.11 bits per heavy atom. The molecule has 9 heavy (non-hydrogen) atoms. The standard InChI is InChI=1S/C6H6N2O/c1-4-5(2)7-3-8-6(4)9/h1-2H3. The summed E-state index contributed by atoms with van der Waals surface area (Å²) in [5.41, 5.74) is 1.31. The molecule has 0 spiro atoms. The topological polar surface area (TPSA) is 43.5 Å². The predicted octanol–water partition coefficient (Wildman–Crippen LogP) is 0.330. The van der Waals surface area contributed by atoms with Gasteiger partial charge in [-0.15, -0.1) is 0 Å². The fourth-order valence-corrected chi connectivity index (χ4v) is 0.468. The number of nitrogens with zero attached hydrogens (tertiary/aromatic N) is 2. The largest absolute Gasteiger partial charge is 0.276 e. The third-order valence-corrected chi connectivity index (χ3v) is 1.23. The third kappa shape index (κ3) is 0.988. The van der Waals surface area contributed by atoms with Gasteiger partial charge in [-0.3, -0.25) is 4.79 Å². The summed E-state index contributed by atoms with van der Waals surface area (Å²) in [6.45, 7) is 3.46. The van der Waals surface area contributed by atoms with Gasteiger partial charge in [-0.1, -0.05) is 0 Å². The van der Waals surface area contributed by atoms with Gasteiger partial charge in [-0.2, -0.15) is 5.32 Å². The maximum Gasteiger partial charge on any atom is 0.276 e. The number of allylic oxidation sites excluding steroid dienone is 1. The highest BCUT2D eigenvalue weighted by Gasteiger charge is 2.11. The van der Waals surface area contributed by atoms with E-state index in [0.29, 0.717) is 11.3 Å². The molecule has 1 aliphatic heterocycles. The second-order valence-electron chi connectivity index (χ2n) is 1.84. The molecular formula is C6H6N2O. The van der Waals surface area contributed by atoms with Crippen LogP contribution in [0.15, 0.2) is 16.3 Å². The maximum absolute atomic E-state index is 10.7. The number of hydrogen-bond acceptors (Lipinski definition) is 2. The van der Waals surface area contributed by atoms with Crippen molar-refractivity contribution < 1.29 is 4.79 Å². The van der Waals surface area contributed by atoms with Gasteiger partial charge in [-0.05, 0) is 13.8 Å². The lowest BCUT2D eigenvalue weighted by Crippen LogP contribution is -2.18. The van der Waals surface area contributed by atoms with E-state index in [0.717, 1.165) is 0 Å². The lowest BCUT2D eigenvalue weighted by molar-refractivity contribution is -0.116. The Labute approximate surface area is 53.5 Å². The molecule has 0 unspecified atom stereocenters. The fourth-order valence-electron chi connectivity index (χ4n) is 0.468. The number of carbonyl (C=O) groups excluding carboxylic acids is 1. The van der Waals surface area contributed by atoms with E-state index >= 15 is 0 Å². The zero-order chi connectivity index (χ0) is 6.85. The number of aliphatic imine (C=N–C) groups is 1. The highest BCUT2D eigenvalue weighted by atomic mass is 16.1. The van der Waals surface area contributed by atoms with Crippen LogP contribution in [0, 0.1) is 0 Å². The van der Waals surface area contributed by atoms with Crippen molar-refractivity contribution in [1.29, 1.82) is 0 Å². The van der Waals surface area contributed by atoms with E-state index in [2.05, 4.69) is 16.6 Å². The summed E-state index contributed by atoms with van der Waals surface area (Å²) in [6.07, 6.45) is 2.26. The monoisotopic (exact) mass is 122 g/mol. The van der Waals surface area contributed by atoms with Crippen LogP contribution in [0.25, 0.3) is 0 Å². The van der Waals surface area contributed by atoms with Crippen LogP contribution < -0.4 is 5.32 Å². The van der Waals surface area contributed by atoms with Gasteiger partial charge in [0.1, 0.15) is 0 Å². The first-order chi connectivity index (χ1) is 4.22. The molecule has 0 saturated heterocycles. The van der Waals surface area contributed by atoms with Crippen molar-refractivity contribution in [2.24, 2.45) is 4.99 Å². The van der Waals surface area contributed by atoms with Crippen molar-refractivity contribution >= 4 is 12.2 Å². The summed E-state index contributed by atoms with van der Waals surface area (Å²) in [5.74, 6) is -0.234. The molecular weight excluding hydrogens is 116 g/mol. The molecule has 0 aromatic carbocycles. The molecule has 1 heterocycles. The second kappa shape index (κ2) is 2.01. The zero-order valence-corrected chi connectivity index (χ0v) is 5.30. The van der Waals surface area contributed by atoms with E-state index in [9.17, 15) is 4.79 Å². The van der Waals surface area contributed by atoms with E-state index in [1.54, 1.807) is 13.8 Å². The molecule has 0 N–H and O–H groups in total. The fraction of sp³-hybridized carbons (Fsp3) is 0.333. The van der Waals surface area contributed by atoms with Gasteiger partial charge in [0.05, 0.1) is 0 Å². The summed E-state index contributed by atoms with van der Waals surface area (Å²) in [7, 11) is 0. The average molecular weight is 122 g/mol. The first kappa shape index (κ1) is 6.01. The summed E-state index contributed by atoms with van der Waals surface area (Å²) < 4.78 is 0. The van der Waals surface area contributed by atoms with E-state index in [-0.39, 0.29) is 5.91 Å². The van der Waals surface area contributed by atoms with Crippen molar-refractivity contribution in [2.45, 2.75) is 13.8 Å². The Balaban J connectivity index is 2.97. The molecule has 0 atom stereocenters. The number of hydrogen-bond donors (Lipinski definition) is 0. The van der Waals surface area contributed by atoms with Crippen LogP contribution in [-0.4, -0.2) is 12.2 Å². The van der Waals surface area contributed by atoms with Gasteiger partial charge >= 0.3 is 0 Å². The molecule has 0 aromatic rings. The molecule has 3 heteroatoms. The van der Waals surface area contributed by atoms with Crippen molar-refractivity contribution in [3.63, 3.8) is 0 Å². The molecule has 0 aliphatic carbocycles. The van der Waals surface area contributed by atoms with Crippen LogP contribution in [0.1, 0.15) is 13.8 Å². The average Bonchev–Trinajstić information content (AvgIpc) is 1.83. The summed E-state index contributed by atoms with van der Waals surface area (Å²) in [6, 6.07) is 0. The van der Waals surface area contributed by atoms with Crippen LogP contribution in [0.3, 0.4) is 0 Å². The van der Waals surface area contributed by atoms with E-state index < -0.39 is 0 Å². The van der Waals surface area contributed by atoms with Crippen molar-refractivity contribution in [2.75, 3.05) is 0 Å². The molecule has 0 aromatic heterocycles.